The topological polar surface area (TPSA) is 56.0 Å². The third-order valence-corrected chi connectivity index (χ3v) is 4.93. The molecule has 128 valence electrons. The Morgan fingerprint density at radius 2 is 1.76 bits per heavy atom. The molecule has 1 heterocycles. The molecule has 0 bridgehead atoms. The number of hydrogen-bond acceptors (Lipinski definition) is 5. The molecule has 0 N–H and O–H groups in total. The number of rotatable bonds is 6. The lowest BCUT2D eigenvalue weighted by molar-refractivity contribution is 0.0993. The highest BCUT2D eigenvalue weighted by atomic mass is 32.2. The van der Waals surface area contributed by atoms with Crippen molar-refractivity contribution in [2.24, 2.45) is 0 Å². The molecule has 0 spiro atoms. The Kier molecular flexibility index (Phi) is 5.34. The third-order valence-electron chi connectivity index (χ3n) is 4.00. The maximum absolute atomic E-state index is 12.6. The normalized spacial score (nSPS) is 12.1. The zero-order valence-corrected chi connectivity index (χ0v) is 15.3. The second-order valence-corrected chi connectivity index (χ2v) is 7.21. The molecule has 0 amide bonds. The van der Waals surface area contributed by atoms with Crippen LogP contribution in [0.1, 0.15) is 35.3 Å². The van der Waals surface area contributed by atoms with Crippen LogP contribution in [0.25, 0.3) is 11.5 Å². The van der Waals surface area contributed by atoms with E-state index in [2.05, 4.69) is 17.1 Å². The molecule has 0 aliphatic rings. The van der Waals surface area contributed by atoms with Crippen LogP contribution in [0.5, 0.6) is 0 Å². The molecule has 1 aromatic heterocycles. The van der Waals surface area contributed by atoms with Crippen molar-refractivity contribution in [1.29, 1.82) is 0 Å². The van der Waals surface area contributed by atoms with Gasteiger partial charge in [0.1, 0.15) is 0 Å². The van der Waals surface area contributed by atoms with Gasteiger partial charge in [-0.2, -0.15) is 0 Å². The SMILES string of the molecule is CCc1ccc(C(=O)[C@@H](C)Sc2nnc(-c3ccc(C)cc3)o2)cc1. The smallest absolute Gasteiger partial charge is 0.277 e. The minimum Gasteiger partial charge on any atom is -0.411 e. The zero-order valence-electron chi connectivity index (χ0n) is 14.5. The summed E-state index contributed by atoms with van der Waals surface area (Å²) in [6, 6.07) is 15.6. The van der Waals surface area contributed by atoms with Crippen LogP contribution in [0.15, 0.2) is 58.2 Å². The summed E-state index contributed by atoms with van der Waals surface area (Å²) >= 11 is 1.29. The summed E-state index contributed by atoms with van der Waals surface area (Å²) in [5, 5.41) is 8.24. The molecule has 4 nitrogen and oxygen atoms in total. The van der Waals surface area contributed by atoms with Crippen LogP contribution in [0, 0.1) is 6.92 Å². The van der Waals surface area contributed by atoms with Gasteiger partial charge in [0.05, 0.1) is 5.25 Å². The average molecular weight is 352 g/mol. The van der Waals surface area contributed by atoms with Gasteiger partial charge in [-0.05, 0) is 38.0 Å². The first kappa shape index (κ1) is 17.4. The van der Waals surface area contributed by atoms with Crippen molar-refractivity contribution in [2.75, 3.05) is 0 Å². The summed E-state index contributed by atoms with van der Waals surface area (Å²) in [4.78, 5) is 12.6. The van der Waals surface area contributed by atoms with E-state index in [1.165, 1.54) is 22.9 Å². The number of nitrogens with zero attached hydrogens (tertiary/aromatic N) is 2. The molecule has 5 heteroatoms. The Morgan fingerprint density at radius 1 is 1.08 bits per heavy atom. The Labute approximate surface area is 151 Å². The molecule has 2 aromatic carbocycles. The molecule has 0 unspecified atom stereocenters. The fourth-order valence-corrected chi connectivity index (χ4v) is 3.17. The van der Waals surface area contributed by atoms with E-state index in [0.717, 1.165) is 12.0 Å². The van der Waals surface area contributed by atoms with Gasteiger partial charge in [-0.25, -0.2) is 0 Å². The van der Waals surface area contributed by atoms with Crippen LogP contribution in [0.4, 0.5) is 0 Å². The van der Waals surface area contributed by atoms with Crippen LogP contribution in [-0.2, 0) is 6.42 Å². The maximum Gasteiger partial charge on any atom is 0.277 e. The predicted molar refractivity (Wildman–Crippen MR) is 99.9 cm³/mol. The summed E-state index contributed by atoms with van der Waals surface area (Å²) in [7, 11) is 0. The van der Waals surface area contributed by atoms with E-state index in [0.29, 0.717) is 16.7 Å². The summed E-state index contributed by atoms with van der Waals surface area (Å²) in [6.45, 7) is 5.98. The van der Waals surface area contributed by atoms with E-state index in [1.54, 1.807) is 0 Å². The molecule has 3 aromatic rings. The van der Waals surface area contributed by atoms with Crippen molar-refractivity contribution in [3.63, 3.8) is 0 Å². The first-order chi connectivity index (χ1) is 12.1. The second-order valence-electron chi connectivity index (χ2n) is 5.91. The van der Waals surface area contributed by atoms with E-state index in [-0.39, 0.29) is 11.0 Å². The highest BCUT2D eigenvalue weighted by Crippen LogP contribution is 2.28. The minimum atomic E-state index is -0.293. The van der Waals surface area contributed by atoms with Crippen molar-refractivity contribution >= 4 is 17.5 Å². The van der Waals surface area contributed by atoms with Gasteiger partial charge in [0.2, 0.25) is 5.89 Å². The van der Waals surface area contributed by atoms with E-state index in [1.807, 2.05) is 62.4 Å². The van der Waals surface area contributed by atoms with Crippen molar-refractivity contribution in [2.45, 2.75) is 37.7 Å². The first-order valence-corrected chi connectivity index (χ1v) is 9.15. The van der Waals surface area contributed by atoms with Gasteiger partial charge in [-0.1, -0.05) is 60.6 Å². The van der Waals surface area contributed by atoms with E-state index in [9.17, 15) is 4.79 Å². The molecular weight excluding hydrogens is 332 g/mol. The molecule has 0 aliphatic carbocycles. The number of benzene rings is 2. The molecular formula is C20H20N2O2S. The Balaban J connectivity index is 1.69. The van der Waals surface area contributed by atoms with Gasteiger partial charge >= 0.3 is 0 Å². The molecule has 0 saturated heterocycles. The van der Waals surface area contributed by atoms with Crippen molar-refractivity contribution < 1.29 is 9.21 Å². The van der Waals surface area contributed by atoms with Gasteiger partial charge < -0.3 is 4.42 Å². The minimum absolute atomic E-state index is 0.0581. The Bertz CT molecular complexity index is 854. The van der Waals surface area contributed by atoms with Gasteiger partial charge in [-0.15, -0.1) is 10.2 Å². The highest BCUT2D eigenvalue weighted by molar-refractivity contribution is 8.00. The lowest BCUT2D eigenvalue weighted by Crippen LogP contribution is -2.13. The first-order valence-electron chi connectivity index (χ1n) is 8.27. The van der Waals surface area contributed by atoms with Gasteiger partial charge in [-0.3, -0.25) is 4.79 Å². The molecule has 0 aliphatic heterocycles. The summed E-state index contributed by atoms with van der Waals surface area (Å²) in [5.74, 6) is 0.525. The molecule has 3 rings (SSSR count). The number of aryl methyl sites for hydroxylation is 2. The maximum atomic E-state index is 12.6. The molecule has 0 fully saturated rings. The van der Waals surface area contributed by atoms with E-state index < -0.39 is 0 Å². The monoisotopic (exact) mass is 352 g/mol. The Hall–Kier alpha value is -2.40. The number of carbonyl (C=O) groups is 1. The second kappa shape index (κ2) is 7.66. The third kappa shape index (κ3) is 4.17. The fraction of sp³-hybridized carbons (Fsp3) is 0.250. The van der Waals surface area contributed by atoms with Crippen molar-refractivity contribution in [1.82, 2.24) is 10.2 Å². The summed E-state index contributed by atoms with van der Waals surface area (Å²) in [6.07, 6.45) is 0.961. The molecule has 0 saturated carbocycles. The standard InChI is InChI=1S/C20H20N2O2S/c1-4-15-7-11-16(12-8-15)18(23)14(3)25-20-22-21-19(24-20)17-9-5-13(2)6-10-17/h5-12,14H,4H2,1-3H3/t14-/m1/s1. The van der Waals surface area contributed by atoms with Crippen molar-refractivity contribution in [3.05, 3.63) is 65.2 Å². The van der Waals surface area contributed by atoms with Crippen LogP contribution in [0.3, 0.4) is 0 Å². The number of ketones is 1. The number of hydrogen-bond donors (Lipinski definition) is 0. The number of carbonyl (C=O) groups excluding carboxylic acids is 1. The van der Waals surface area contributed by atoms with E-state index >= 15 is 0 Å². The Morgan fingerprint density at radius 3 is 2.40 bits per heavy atom. The number of thioether (sulfide) groups is 1. The molecule has 25 heavy (non-hydrogen) atoms. The molecule has 0 radical (unpaired) electrons. The van der Waals surface area contributed by atoms with Crippen LogP contribution < -0.4 is 0 Å². The summed E-state index contributed by atoms with van der Waals surface area (Å²) in [5.41, 5.74) is 3.97. The van der Waals surface area contributed by atoms with Gasteiger partial charge in [0.25, 0.3) is 5.22 Å². The fourth-order valence-electron chi connectivity index (χ4n) is 2.41. The largest absolute Gasteiger partial charge is 0.411 e. The van der Waals surface area contributed by atoms with Crippen LogP contribution in [0.2, 0.25) is 0 Å². The predicted octanol–water partition coefficient (Wildman–Crippen LogP) is 4.97. The van der Waals surface area contributed by atoms with Crippen LogP contribution >= 0.6 is 11.8 Å². The highest BCUT2D eigenvalue weighted by Gasteiger charge is 2.20. The average Bonchev–Trinajstić information content (AvgIpc) is 3.10. The zero-order chi connectivity index (χ0) is 17.8. The summed E-state index contributed by atoms with van der Waals surface area (Å²) < 4.78 is 5.69. The quantitative estimate of drug-likeness (QED) is 0.463. The van der Waals surface area contributed by atoms with Crippen LogP contribution in [-0.4, -0.2) is 21.2 Å². The lowest BCUT2D eigenvalue weighted by atomic mass is 10.1. The van der Waals surface area contributed by atoms with E-state index in [4.69, 9.17) is 4.42 Å². The number of aromatic nitrogens is 2. The number of Topliss-reactive ketones (excluding diaryl/α,β-unsaturated/α-hetero) is 1. The molecule has 1 atom stereocenters. The van der Waals surface area contributed by atoms with Crippen molar-refractivity contribution in [3.8, 4) is 11.5 Å². The lowest BCUT2D eigenvalue weighted by Gasteiger charge is -2.08. The van der Waals surface area contributed by atoms with Gasteiger partial charge in [0.15, 0.2) is 5.78 Å². The van der Waals surface area contributed by atoms with Gasteiger partial charge in [0, 0.05) is 11.1 Å².